The maximum Gasteiger partial charge on any atom is 2.00 e. The molecule has 0 aliphatic heterocycles. The van der Waals surface area contributed by atoms with Crippen LogP contribution in [0.1, 0.15) is 129 Å². The van der Waals surface area contributed by atoms with Crippen molar-refractivity contribution >= 4 is 35.7 Å². The van der Waals surface area contributed by atoms with Crippen molar-refractivity contribution in [2.75, 3.05) is 0 Å². The minimum absolute atomic E-state index is 0. The normalized spacial score (nSPS) is 11.6. The first kappa shape index (κ1) is 47.0. The average Bonchev–Trinajstić information content (AvgIpc) is 2.97. The van der Waals surface area contributed by atoms with Gasteiger partial charge in [-0.3, -0.25) is 9.98 Å². The van der Waals surface area contributed by atoms with Crippen LogP contribution < -0.4 is 10.2 Å². The molecular weight excluding hydrogens is 687 g/mol. The molecule has 3 aromatic carbocycles. The van der Waals surface area contributed by atoms with Gasteiger partial charge in [0.1, 0.15) is 11.5 Å². The number of carboxylic acid groups (broad SMARTS) is 2. The molecule has 0 heterocycles. The number of carboxylic acids is 2. The van der Waals surface area contributed by atoms with Gasteiger partial charge in [0.25, 0.3) is 0 Å². The molecule has 0 aromatic heterocycles. The molecule has 2 N–H and O–H groups in total. The average molecular weight is 746 g/mol. The number of aliphatic carboxylic acids is 2. The number of aromatic hydroxyl groups is 2. The number of carbonyl (C=O) groups excluding carboxylic acids is 2. The van der Waals surface area contributed by atoms with Crippen LogP contribution in [0.5, 0.6) is 11.5 Å². The number of aryl methyl sites for hydroxylation is 2. The third-order valence-electron chi connectivity index (χ3n) is 7.57. The van der Waals surface area contributed by atoms with Crippen molar-refractivity contribution in [3.05, 3.63) is 81.9 Å². The Morgan fingerprint density at radius 3 is 1.25 bits per heavy atom. The summed E-state index contributed by atoms with van der Waals surface area (Å²) in [6, 6.07) is 16.1. The zero-order valence-electron chi connectivity index (χ0n) is 32.5. The molecule has 0 saturated carbocycles. The maximum atomic E-state index is 11.1. The molecule has 281 valence electrons. The van der Waals surface area contributed by atoms with E-state index in [2.05, 4.69) is 93.5 Å². The van der Waals surface area contributed by atoms with Gasteiger partial charge in [0.15, 0.2) is 0 Å². The number of nitrogens with zero attached hydrogens (tertiary/aromatic N) is 2. The van der Waals surface area contributed by atoms with Crippen LogP contribution in [-0.4, -0.2) is 34.6 Å². The predicted molar refractivity (Wildman–Crippen MR) is 202 cm³/mol. The van der Waals surface area contributed by atoms with Gasteiger partial charge in [0.2, 0.25) is 0 Å². The Morgan fingerprint density at radius 1 is 0.667 bits per heavy atom. The molecule has 0 amide bonds. The Morgan fingerprint density at radius 2 is 0.980 bits per heavy atom. The van der Waals surface area contributed by atoms with Crippen LogP contribution in [0.3, 0.4) is 0 Å². The second-order valence-corrected chi connectivity index (χ2v) is 15.5. The van der Waals surface area contributed by atoms with Gasteiger partial charge < -0.3 is 30.0 Å². The van der Waals surface area contributed by atoms with Crippen LogP contribution in [0.15, 0.2) is 58.5 Å². The summed E-state index contributed by atoms with van der Waals surface area (Å²) in [6.07, 6.45) is 7.64. The van der Waals surface area contributed by atoms with Crippen molar-refractivity contribution in [2.45, 2.75) is 120 Å². The molecule has 0 aliphatic carbocycles. The fourth-order valence-electron chi connectivity index (χ4n) is 4.92. The van der Waals surface area contributed by atoms with E-state index in [-0.39, 0.29) is 39.1 Å². The van der Waals surface area contributed by atoms with Crippen LogP contribution in [0.2, 0.25) is 0 Å². The number of aliphatic imine (C=N–C) groups is 2. The van der Waals surface area contributed by atoms with Gasteiger partial charge >= 0.3 is 16.8 Å². The Bertz CT molecular complexity index is 1500. The minimum atomic E-state index is -1.08. The molecule has 3 rings (SSSR count). The van der Waals surface area contributed by atoms with E-state index in [1.54, 1.807) is 12.4 Å². The van der Waals surface area contributed by atoms with Crippen molar-refractivity contribution < 1.29 is 46.8 Å². The van der Waals surface area contributed by atoms with Crippen molar-refractivity contribution in [1.29, 1.82) is 0 Å². The smallest absolute Gasteiger partial charge is 0.550 e. The number of hydrogen-bond donors (Lipinski definition) is 2. The van der Waals surface area contributed by atoms with Crippen LogP contribution in [0, 0.1) is 11.8 Å². The number of carbonyl (C=O) groups is 2. The Hall–Kier alpha value is -3.95. The fraction of sp³-hybridized carbons (Fsp3) is 0.476. The van der Waals surface area contributed by atoms with Crippen LogP contribution >= 0.6 is 0 Å². The van der Waals surface area contributed by atoms with Crippen molar-refractivity contribution in [3.8, 4) is 11.5 Å². The molecule has 0 bridgehead atoms. The summed E-state index contributed by atoms with van der Waals surface area (Å²) in [5, 5.41) is 40.0. The molecule has 3 aromatic rings. The largest absolute Gasteiger partial charge is 2.00 e. The van der Waals surface area contributed by atoms with Gasteiger partial charge in [-0.2, -0.15) is 0 Å². The van der Waals surface area contributed by atoms with E-state index < -0.39 is 11.9 Å². The summed E-state index contributed by atoms with van der Waals surface area (Å²) in [7, 11) is 0. The SMILES string of the molecule is CC(=O)[O-].CC(=O)[O-].CC(C)CCc1cc(C=Nc2cccc(N=Cc3cc(CCC(C)C)cc(C(C)(C)C)c3O)c2)c(O)c(C(C)(C)C)c1.[Co+2]. The van der Waals surface area contributed by atoms with E-state index in [4.69, 9.17) is 29.8 Å². The summed E-state index contributed by atoms with van der Waals surface area (Å²) in [4.78, 5) is 27.2. The van der Waals surface area contributed by atoms with E-state index in [0.29, 0.717) is 11.8 Å². The summed E-state index contributed by atoms with van der Waals surface area (Å²) in [6.45, 7) is 23.6. The van der Waals surface area contributed by atoms with Crippen LogP contribution in [0.4, 0.5) is 11.4 Å². The summed E-state index contributed by atoms with van der Waals surface area (Å²) in [5.74, 6) is -0.365. The van der Waals surface area contributed by atoms with E-state index in [0.717, 1.165) is 73.2 Å². The molecule has 9 heteroatoms. The third kappa shape index (κ3) is 18.2. The summed E-state index contributed by atoms with van der Waals surface area (Å²) in [5.41, 5.74) is 6.91. The molecule has 8 nitrogen and oxygen atoms in total. The number of phenols is 2. The minimum Gasteiger partial charge on any atom is -0.550 e. The fourth-order valence-corrected chi connectivity index (χ4v) is 4.92. The van der Waals surface area contributed by atoms with E-state index in [9.17, 15) is 10.2 Å². The van der Waals surface area contributed by atoms with E-state index >= 15 is 0 Å². The second kappa shape index (κ2) is 21.4. The Labute approximate surface area is 316 Å². The van der Waals surface area contributed by atoms with Gasteiger partial charge in [-0.15, -0.1) is 0 Å². The Balaban J connectivity index is 0.00000251. The molecule has 0 fully saturated rings. The molecule has 0 spiro atoms. The monoisotopic (exact) mass is 745 g/mol. The number of benzene rings is 3. The first-order chi connectivity index (χ1) is 23.0. The Kier molecular flexibility index (Phi) is 19.8. The second-order valence-electron chi connectivity index (χ2n) is 15.5. The maximum absolute atomic E-state index is 11.1. The molecule has 0 saturated heterocycles. The molecule has 0 atom stereocenters. The molecule has 0 unspecified atom stereocenters. The third-order valence-corrected chi connectivity index (χ3v) is 7.57. The van der Waals surface area contributed by atoms with Crippen LogP contribution in [0.25, 0.3) is 0 Å². The molecule has 0 aliphatic rings. The van der Waals surface area contributed by atoms with Gasteiger partial charge in [0.05, 0.1) is 11.4 Å². The van der Waals surface area contributed by atoms with Crippen LogP contribution in [-0.2, 0) is 50.0 Å². The zero-order valence-corrected chi connectivity index (χ0v) is 33.6. The van der Waals surface area contributed by atoms with E-state index in [1.807, 2.05) is 24.3 Å². The van der Waals surface area contributed by atoms with E-state index in [1.165, 1.54) is 11.1 Å². The number of rotatable bonds is 10. The summed E-state index contributed by atoms with van der Waals surface area (Å²) < 4.78 is 0. The van der Waals surface area contributed by atoms with Gasteiger partial charge in [0, 0.05) is 46.6 Å². The van der Waals surface area contributed by atoms with Crippen molar-refractivity contribution in [2.24, 2.45) is 21.8 Å². The number of phenolic OH excluding ortho intramolecular Hbond substituents is 2. The molecule has 51 heavy (non-hydrogen) atoms. The van der Waals surface area contributed by atoms with Crippen molar-refractivity contribution in [1.82, 2.24) is 0 Å². The quantitative estimate of drug-likeness (QED) is 0.202. The standard InChI is InChI=1S/C38H52N2O2.2C2H4O2.Co/c1-25(2)14-16-27-18-29(35(41)33(20-27)37(5,6)7)23-39-31-12-11-13-32(22-31)40-24-30-19-28(17-15-26(3)4)21-34(36(30)42)38(8,9)10;2*1-2(3)4;/h11-13,18-26,41-42H,14-17H2,1-10H3;2*1H3,(H,3,4);/q;;;+2/p-2. The first-order valence-electron chi connectivity index (χ1n) is 17.3. The van der Waals surface area contributed by atoms with Crippen molar-refractivity contribution in [3.63, 3.8) is 0 Å². The molecule has 1 radical (unpaired) electrons. The topological polar surface area (TPSA) is 145 Å². The molecular formula is C42H58CoN2O6. The summed E-state index contributed by atoms with van der Waals surface area (Å²) >= 11 is 0. The van der Waals surface area contributed by atoms with Gasteiger partial charge in [-0.25, -0.2) is 0 Å². The predicted octanol–water partition coefficient (Wildman–Crippen LogP) is 7.88. The number of hydrogen-bond acceptors (Lipinski definition) is 8. The zero-order chi connectivity index (χ0) is 38.4. The van der Waals surface area contributed by atoms with Gasteiger partial charge in [-0.05, 0) is 104 Å². The van der Waals surface area contributed by atoms with Gasteiger partial charge in [-0.1, -0.05) is 87.4 Å². The first-order valence-corrected chi connectivity index (χ1v) is 17.3.